The zero-order valence-corrected chi connectivity index (χ0v) is 9.42. The number of nitrogens with zero attached hydrogens (tertiary/aromatic N) is 1. The SMILES string of the molecule is CSSN1C=C1c1ccc(Cl)cc1. The van der Waals surface area contributed by atoms with E-state index in [0.717, 1.165) is 5.02 Å². The lowest BCUT2D eigenvalue weighted by Crippen LogP contribution is -1.82. The van der Waals surface area contributed by atoms with Crippen LogP contribution in [0.1, 0.15) is 5.56 Å². The average molecular weight is 230 g/mol. The third-order valence-electron chi connectivity index (χ3n) is 1.70. The van der Waals surface area contributed by atoms with Crippen molar-refractivity contribution in [3.8, 4) is 0 Å². The second-order valence-corrected chi connectivity index (χ2v) is 5.35. The van der Waals surface area contributed by atoms with Gasteiger partial charge in [-0.05, 0) is 18.4 Å². The first kappa shape index (κ1) is 9.31. The van der Waals surface area contributed by atoms with Gasteiger partial charge in [-0.2, -0.15) is 0 Å². The third-order valence-corrected chi connectivity index (χ3v) is 3.50. The summed E-state index contributed by atoms with van der Waals surface area (Å²) >= 11 is 5.79. The highest BCUT2D eigenvalue weighted by molar-refractivity contribution is 8.75. The van der Waals surface area contributed by atoms with Crippen LogP contribution in [0.2, 0.25) is 5.02 Å². The molecule has 4 heteroatoms. The predicted octanol–water partition coefficient (Wildman–Crippen LogP) is 3.88. The molecule has 13 heavy (non-hydrogen) atoms. The molecule has 1 aliphatic heterocycles. The van der Waals surface area contributed by atoms with Gasteiger partial charge in [-0.3, -0.25) is 4.31 Å². The van der Waals surface area contributed by atoms with Crippen molar-refractivity contribution in [2.45, 2.75) is 0 Å². The van der Waals surface area contributed by atoms with Crippen molar-refractivity contribution in [3.63, 3.8) is 0 Å². The summed E-state index contributed by atoms with van der Waals surface area (Å²) in [5, 5.41) is 0.786. The van der Waals surface area contributed by atoms with Crippen LogP contribution in [0.3, 0.4) is 0 Å². The summed E-state index contributed by atoms with van der Waals surface area (Å²) in [6.45, 7) is 0. The maximum Gasteiger partial charge on any atom is 0.0772 e. The van der Waals surface area contributed by atoms with E-state index in [9.17, 15) is 0 Å². The lowest BCUT2D eigenvalue weighted by molar-refractivity contribution is 1.07. The van der Waals surface area contributed by atoms with E-state index in [-0.39, 0.29) is 0 Å². The van der Waals surface area contributed by atoms with Crippen molar-refractivity contribution in [2.24, 2.45) is 0 Å². The van der Waals surface area contributed by atoms with Gasteiger partial charge in [0.15, 0.2) is 0 Å². The van der Waals surface area contributed by atoms with Gasteiger partial charge in [0, 0.05) is 27.8 Å². The van der Waals surface area contributed by atoms with Crippen LogP contribution in [0, 0.1) is 0 Å². The van der Waals surface area contributed by atoms with Crippen LogP contribution < -0.4 is 0 Å². The second kappa shape index (κ2) is 3.86. The van der Waals surface area contributed by atoms with E-state index in [1.165, 1.54) is 11.3 Å². The zero-order chi connectivity index (χ0) is 9.26. The monoisotopic (exact) mass is 229 g/mol. The number of benzene rings is 1. The molecule has 0 amide bonds. The van der Waals surface area contributed by atoms with Gasteiger partial charge in [-0.25, -0.2) is 0 Å². The first-order chi connectivity index (χ1) is 6.31. The van der Waals surface area contributed by atoms with Crippen molar-refractivity contribution in [3.05, 3.63) is 41.1 Å². The van der Waals surface area contributed by atoms with Crippen molar-refractivity contribution in [1.29, 1.82) is 0 Å². The fourth-order valence-corrected chi connectivity index (χ4v) is 2.51. The quantitative estimate of drug-likeness (QED) is 0.572. The molecule has 0 aromatic heterocycles. The molecule has 0 aliphatic carbocycles. The number of halogens is 1. The van der Waals surface area contributed by atoms with Crippen LogP contribution in [0.5, 0.6) is 0 Å². The topological polar surface area (TPSA) is 3.01 Å². The fourth-order valence-electron chi connectivity index (χ4n) is 1.05. The highest BCUT2D eigenvalue weighted by atomic mass is 35.5. The smallest absolute Gasteiger partial charge is 0.0772 e. The molecule has 1 heterocycles. The van der Waals surface area contributed by atoms with Crippen LogP contribution >= 0.6 is 33.4 Å². The highest BCUT2D eigenvalue weighted by Gasteiger charge is 2.22. The zero-order valence-electron chi connectivity index (χ0n) is 7.03. The predicted molar refractivity (Wildman–Crippen MR) is 62.4 cm³/mol. The van der Waals surface area contributed by atoms with E-state index in [0.29, 0.717) is 0 Å². The molecule has 1 aromatic rings. The van der Waals surface area contributed by atoms with Gasteiger partial charge in [0.25, 0.3) is 0 Å². The number of rotatable bonds is 3. The molecule has 0 saturated heterocycles. The molecule has 2 rings (SSSR count). The van der Waals surface area contributed by atoms with E-state index in [1.807, 2.05) is 24.3 Å². The van der Waals surface area contributed by atoms with Crippen LogP contribution in [0.4, 0.5) is 0 Å². The average Bonchev–Trinajstić information content (AvgIpc) is 2.86. The van der Waals surface area contributed by atoms with Crippen molar-refractivity contribution >= 4 is 39.1 Å². The molecule has 1 aromatic carbocycles. The van der Waals surface area contributed by atoms with E-state index in [4.69, 9.17) is 11.6 Å². The molecule has 0 atom stereocenters. The van der Waals surface area contributed by atoms with Gasteiger partial charge >= 0.3 is 0 Å². The Balaban J connectivity index is 2.04. The Labute approximate surface area is 90.7 Å². The standard InChI is InChI=1S/C9H8ClNS2/c1-12-13-11-6-9(11)7-2-4-8(10)5-3-7/h2-6H,1H3. The summed E-state index contributed by atoms with van der Waals surface area (Å²) in [4.78, 5) is 0. The van der Waals surface area contributed by atoms with Crippen molar-refractivity contribution < 1.29 is 0 Å². The molecule has 0 fully saturated rings. The summed E-state index contributed by atoms with van der Waals surface area (Å²) in [5.74, 6) is 0. The normalized spacial score (nSPS) is 14.3. The Morgan fingerprint density at radius 1 is 1.23 bits per heavy atom. The van der Waals surface area contributed by atoms with Gasteiger partial charge in [0.1, 0.15) is 0 Å². The molecule has 0 unspecified atom stereocenters. The number of hydrogen-bond donors (Lipinski definition) is 0. The van der Waals surface area contributed by atoms with E-state index in [2.05, 4.69) is 16.8 Å². The molecular weight excluding hydrogens is 222 g/mol. The third kappa shape index (κ3) is 2.16. The minimum atomic E-state index is 0.786. The summed E-state index contributed by atoms with van der Waals surface area (Å²) in [6.07, 6.45) is 4.18. The molecule has 0 radical (unpaired) electrons. The summed E-state index contributed by atoms with van der Waals surface area (Å²) < 4.78 is 2.15. The minimum absolute atomic E-state index is 0.786. The van der Waals surface area contributed by atoms with Gasteiger partial charge in [0.05, 0.1) is 5.70 Å². The van der Waals surface area contributed by atoms with Gasteiger partial charge in [-0.15, -0.1) is 0 Å². The molecule has 0 N–H and O–H groups in total. The Kier molecular flexibility index (Phi) is 2.77. The highest BCUT2D eigenvalue weighted by Crippen LogP contribution is 2.42. The molecule has 1 nitrogen and oxygen atoms in total. The molecule has 1 aliphatic rings. The minimum Gasteiger partial charge on any atom is -0.278 e. The van der Waals surface area contributed by atoms with E-state index in [1.54, 1.807) is 21.8 Å². The van der Waals surface area contributed by atoms with Crippen LogP contribution in [0.25, 0.3) is 5.70 Å². The van der Waals surface area contributed by atoms with Crippen molar-refractivity contribution in [1.82, 2.24) is 4.31 Å². The number of hydrogen-bond acceptors (Lipinski definition) is 3. The molecule has 0 saturated carbocycles. The molecule has 0 bridgehead atoms. The summed E-state index contributed by atoms with van der Waals surface area (Å²) in [7, 11) is 3.47. The first-order valence-electron chi connectivity index (χ1n) is 3.79. The molecule has 68 valence electrons. The van der Waals surface area contributed by atoms with Gasteiger partial charge < -0.3 is 0 Å². The largest absolute Gasteiger partial charge is 0.278 e. The van der Waals surface area contributed by atoms with Crippen LogP contribution in [-0.2, 0) is 0 Å². The lowest BCUT2D eigenvalue weighted by Gasteiger charge is -2.01. The van der Waals surface area contributed by atoms with Gasteiger partial charge in [0.2, 0.25) is 0 Å². The molecule has 0 spiro atoms. The maximum atomic E-state index is 5.79. The Bertz CT molecular complexity index is 334. The second-order valence-electron chi connectivity index (χ2n) is 2.59. The van der Waals surface area contributed by atoms with E-state index < -0.39 is 0 Å². The summed E-state index contributed by atoms with van der Waals surface area (Å²) in [6, 6.07) is 7.90. The van der Waals surface area contributed by atoms with Gasteiger partial charge in [-0.1, -0.05) is 34.5 Å². The Hall–Kier alpha value is -0.250. The Morgan fingerprint density at radius 3 is 2.54 bits per heavy atom. The Morgan fingerprint density at radius 2 is 1.92 bits per heavy atom. The van der Waals surface area contributed by atoms with Crippen LogP contribution in [0.15, 0.2) is 30.5 Å². The van der Waals surface area contributed by atoms with Crippen molar-refractivity contribution in [2.75, 3.05) is 6.26 Å². The summed E-state index contributed by atoms with van der Waals surface area (Å²) in [5.41, 5.74) is 2.50. The first-order valence-corrected chi connectivity index (χ1v) is 6.68. The maximum absolute atomic E-state index is 5.79. The van der Waals surface area contributed by atoms with E-state index >= 15 is 0 Å². The fraction of sp³-hybridized carbons (Fsp3) is 0.111. The lowest BCUT2D eigenvalue weighted by atomic mass is 10.2. The molecular formula is C9H8ClNS2. The van der Waals surface area contributed by atoms with Crippen LogP contribution in [-0.4, -0.2) is 10.6 Å².